The first-order valence-electron chi connectivity index (χ1n) is 8.83. The standard InChI is InChI=1S/C20H25NO5/c1-5-9-20(10-6-11-21(20)18(23)26-19(2,3)4)17(22)14-7-8-15-16(12-14)25-13-24-15/h5,7-8,12H,1,6,9-11,13H2,2-4H3/t20-/m0/s1. The predicted octanol–water partition coefficient (Wildman–Crippen LogP) is 3.94. The van der Waals surface area contributed by atoms with Crippen LogP contribution in [-0.4, -0.2) is 41.3 Å². The number of ketones is 1. The Hall–Kier alpha value is -2.50. The fraction of sp³-hybridized carbons (Fsp3) is 0.500. The van der Waals surface area contributed by atoms with Crippen LogP contribution in [0.5, 0.6) is 11.5 Å². The molecule has 2 aliphatic heterocycles. The molecule has 0 aromatic heterocycles. The number of nitrogens with zero attached hydrogens (tertiary/aromatic N) is 1. The molecule has 0 radical (unpaired) electrons. The minimum Gasteiger partial charge on any atom is -0.454 e. The normalized spacial score (nSPS) is 21.6. The van der Waals surface area contributed by atoms with Gasteiger partial charge in [0.15, 0.2) is 17.3 Å². The summed E-state index contributed by atoms with van der Waals surface area (Å²) in [6, 6.07) is 5.12. The topological polar surface area (TPSA) is 65.1 Å². The van der Waals surface area contributed by atoms with Crippen molar-refractivity contribution in [1.82, 2.24) is 4.90 Å². The van der Waals surface area contributed by atoms with E-state index in [0.717, 1.165) is 6.42 Å². The predicted molar refractivity (Wildman–Crippen MR) is 96.6 cm³/mol. The summed E-state index contributed by atoms with van der Waals surface area (Å²) >= 11 is 0. The van der Waals surface area contributed by atoms with Crippen LogP contribution in [0, 0.1) is 0 Å². The van der Waals surface area contributed by atoms with E-state index >= 15 is 0 Å². The minimum atomic E-state index is -0.974. The Morgan fingerprint density at radius 2 is 2.04 bits per heavy atom. The Labute approximate surface area is 153 Å². The number of Topliss-reactive ketones (excluding diaryl/α,β-unsaturated/α-hetero) is 1. The monoisotopic (exact) mass is 359 g/mol. The Kier molecular flexibility index (Phi) is 4.69. The van der Waals surface area contributed by atoms with Gasteiger partial charge < -0.3 is 14.2 Å². The highest BCUT2D eigenvalue weighted by Gasteiger charge is 2.50. The highest BCUT2D eigenvalue weighted by atomic mass is 16.7. The molecule has 0 spiro atoms. The van der Waals surface area contributed by atoms with Gasteiger partial charge in [0.1, 0.15) is 11.1 Å². The highest BCUT2D eigenvalue weighted by molar-refractivity contribution is 6.05. The van der Waals surface area contributed by atoms with Gasteiger partial charge in [0.2, 0.25) is 6.79 Å². The Bertz CT molecular complexity index is 736. The number of benzene rings is 1. The summed E-state index contributed by atoms with van der Waals surface area (Å²) in [7, 11) is 0. The summed E-state index contributed by atoms with van der Waals surface area (Å²) in [5.74, 6) is 1.04. The number of amides is 1. The molecule has 1 aromatic rings. The molecule has 1 atom stereocenters. The molecule has 0 aliphatic carbocycles. The molecule has 3 rings (SSSR count). The summed E-state index contributed by atoms with van der Waals surface area (Å²) < 4.78 is 16.2. The van der Waals surface area contributed by atoms with E-state index in [1.54, 1.807) is 29.2 Å². The summed E-state index contributed by atoms with van der Waals surface area (Å²) in [5.41, 5.74) is -1.11. The van der Waals surface area contributed by atoms with E-state index in [0.29, 0.717) is 36.4 Å². The quantitative estimate of drug-likeness (QED) is 0.602. The number of rotatable bonds is 4. The fourth-order valence-electron chi connectivity index (χ4n) is 3.55. The number of carbonyl (C=O) groups excluding carboxylic acids is 2. The van der Waals surface area contributed by atoms with E-state index in [9.17, 15) is 9.59 Å². The zero-order valence-corrected chi connectivity index (χ0v) is 15.5. The second-order valence-electron chi connectivity index (χ2n) is 7.66. The van der Waals surface area contributed by atoms with Crippen LogP contribution in [0.25, 0.3) is 0 Å². The lowest BCUT2D eigenvalue weighted by Gasteiger charge is -2.37. The molecule has 6 heteroatoms. The molecular weight excluding hydrogens is 334 g/mol. The van der Waals surface area contributed by atoms with Crippen molar-refractivity contribution in [3.63, 3.8) is 0 Å². The molecule has 1 aromatic carbocycles. The fourth-order valence-corrected chi connectivity index (χ4v) is 3.55. The van der Waals surface area contributed by atoms with Crippen LogP contribution < -0.4 is 9.47 Å². The van der Waals surface area contributed by atoms with E-state index in [-0.39, 0.29) is 12.6 Å². The zero-order chi connectivity index (χ0) is 18.9. The maximum atomic E-state index is 13.4. The summed E-state index contributed by atoms with van der Waals surface area (Å²) in [6.07, 6.45) is 2.91. The molecular formula is C20H25NO5. The molecule has 0 N–H and O–H groups in total. The number of ether oxygens (including phenoxy) is 3. The third kappa shape index (κ3) is 3.28. The lowest BCUT2D eigenvalue weighted by atomic mass is 9.83. The SMILES string of the molecule is C=CC[C@@]1(C(=O)c2ccc3c(c2)OCO3)CCCN1C(=O)OC(C)(C)C. The van der Waals surface area contributed by atoms with Crippen molar-refractivity contribution in [2.75, 3.05) is 13.3 Å². The smallest absolute Gasteiger partial charge is 0.411 e. The van der Waals surface area contributed by atoms with E-state index < -0.39 is 17.2 Å². The van der Waals surface area contributed by atoms with Crippen molar-refractivity contribution < 1.29 is 23.8 Å². The molecule has 140 valence electrons. The van der Waals surface area contributed by atoms with Crippen LogP contribution in [0.2, 0.25) is 0 Å². The van der Waals surface area contributed by atoms with Gasteiger partial charge in [0.05, 0.1) is 0 Å². The van der Waals surface area contributed by atoms with Crippen molar-refractivity contribution >= 4 is 11.9 Å². The van der Waals surface area contributed by atoms with Crippen molar-refractivity contribution in [2.24, 2.45) is 0 Å². The molecule has 2 heterocycles. The summed E-state index contributed by atoms with van der Waals surface area (Å²) in [4.78, 5) is 27.8. The van der Waals surface area contributed by atoms with Crippen LogP contribution in [-0.2, 0) is 4.74 Å². The first-order valence-corrected chi connectivity index (χ1v) is 8.83. The highest BCUT2D eigenvalue weighted by Crippen LogP contribution is 2.39. The number of likely N-dealkylation sites (tertiary alicyclic amines) is 1. The second-order valence-corrected chi connectivity index (χ2v) is 7.66. The lowest BCUT2D eigenvalue weighted by molar-refractivity contribution is 0.00913. The van der Waals surface area contributed by atoms with Crippen molar-refractivity contribution in [2.45, 2.75) is 51.2 Å². The van der Waals surface area contributed by atoms with Crippen molar-refractivity contribution in [3.8, 4) is 11.5 Å². The number of hydrogen-bond acceptors (Lipinski definition) is 5. The molecule has 1 saturated heterocycles. The maximum Gasteiger partial charge on any atom is 0.411 e. The molecule has 1 fully saturated rings. The largest absolute Gasteiger partial charge is 0.454 e. The Morgan fingerprint density at radius 1 is 1.31 bits per heavy atom. The van der Waals surface area contributed by atoms with Gasteiger partial charge in [-0.15, -0.1) is 6.58 Å². The van der Waals surface area contributed by atoms with Crippen LogP contribution >= 0.6 is 0 Å². The van der Waals surface area contributed by atoms with Crippen LogP contribution in [0.4, 0.5) is 4.79 Å². The zero-order valence-electron chi connectivity index (χ0n) is 15.5. The van der Waals surface area contributed by atoms with Gasteiger partial charge in [-0.2, -0.15) is 0 Å². The van der Waals surface area contributed by atoms with Crippen LogP contribution in [0.3, 0.4) is 0 Å². The van der Waals surface area contributed by atoms with E-state index in [1.807, 2.05) is 20.8 Å². The van der Waals surface area contributed by atoms with Gasteiger partial charge in [-0.3, -0.25) is 9.69 Å². The first kappa shape index (κ1) is 18.3. The molecule has 2 aliphatic rings. The summed E-state index contributed by atoms with van der Waals surface area (Å²) in [6.45, 7) is 9.87. The lowest BCUT2D eigenvalue weighted by Crippen LogP contribution is -2.54. The van der Waals surface area contributed by atoms with Gasteiger partial charge in [-0.1, -0.05) is 6.08 Å². The second kappa shape index (κ2) is 6.67. The number of fused-ring (bicyclic) bond motifs is 1. The first-order chi connectivity index (χ1) is 12.3. The van der Waals surface area contributed by atoms with E-state index in [2.05, 4.69) is 6.58 Å². The van der Waals surface area contributed by atoms with E-state index in [1.165, 1.54) is 0 Å². The van der Waals surface area contributed by atoms with Gasteiger partial charge in [-0.25, -0.2) is 4.79 Å². The van der Waals surface area contributed by atoms with Gasteiger partial charge >= 0.3 is 6.09 Å². The maximum absolute atomic E-state index is 13.4. The molecule has 26 heavy (non-hydrogen) atoms. The van der Waals surface area contributed by atoms with Gasteiger partial charge in [-0.05, 0) is 58.2 Å². The summed E-state index contributed by atoms with van der Waals surface area (Å²) in [5, 5.41) is 0. The number of carbonyl (C=O) groups is 2. The van der Waals surface area contributed by atoms with Gasteiger partial charge in [0.25, 0.3) is 0 Å². The Morgan fingerprint density at radius 3 is 2.73 bits per heavy atom. The number of hydrogen-bond donors (Lipinski definition) is 0. The average molecular weight is 359 g/mol. The minimum absolute atomic E-state index is 0.126. The van der Waals surface area contributed by atoms with Crippen LogP contribution in [0.15, 0.2) is 30.9 Å². The average Bonchev–Trinajstić information content (AvgIpc) is 3.19. The molecule has 0 unspecified atom stereocenters. The Balaban J connectivity index is 1.94. The van der Waals surface area contributed by atoms with Crippen LogP contribution in [0.1, 0.15) is 50.4 Å². The van der Waals surface area contributed by atoms with Crippen molar-refractivity contribution in [1.29, 1.82) is 0 Å². The third-order valence-electron chi connectivity index (χ3n) is 4.64. The van der Waals surface area contributed by atoms with E-state index in [4.69, 9.17) is 14.2 Å². The van der Waals surface area contributed by atoms with Crippen molar-refractivity contribution in [3.05, 3.63) is 36.4 Å². The third-order valence-corrected chi connectivity index (χ3v) is 4.64. The molecule has 0 bridgehead atoms. The van der Waals surface area contributed by atoms with Gasteiger partial charge in [0, 0.05) is 12.1 Å². The molecule has 0 saturated carbocycles. The molecule has 1 amide bonds. The molecule has 6 nitrogen and oxygen atoms in total.